The van der Waals surface area contributed by atoms with Gasteiger partial charge in [0.2, 0.25) is 0 Å². The zero-order valence-electron chi connectivity index (χ0n) is 12.5. The van der Waals surface area contributed by atoms with Crippen molar-refractivity contribution >= 4 is 11.6 Å². The van der Waals surface area contributed by atoms with E-state index in [-0.39, 0.29) is 11.6 Å². The summed E-state index contributed by atoms with van der Waals surface area (Å²) >= 11 is 0. The van der Waals surface area contributed by atoms with E-state index in [1.54, 1.807) is 68.0 Å². The van der Waals surface area contributed by atoms with Crippen LogP contribution in [-0.2, 0) is 0 Å². The molecular formula is C18H14N2O3. The van der Waals surface area contributed by atoms with E-state index in [4.69, 9.17) is 4.42 Å². The molecule has 0 saturated carbocycles. The molecule has 0 radical (unpaired) electrons. The van der Waals surface area contributed by atoms with Gasteiger partial charge < -0.3 is 9.32 Å². The van der Waals surface area contributed by atoms with Crippen LogP contribution in [0.25, 0.3) is 11.3 Å². The second-order valence-electron chi connectivity index (χ2n) is 4.94. The molecule has 0 spiro atoms. The van der Waals surface area contributed by atoms with E-state index in [1.165, 1.54) is 4.90 Å². The standard InChI is InChI=1S/C18H14N2O3/c1-20(17(21)13-6-3-2-4-7-13)15-9-10-16(23-18(15)22)14-8-5-11-19-12-14/h2-12H,1H3. The summed E-state index contributed by atoms with van der Waals surface area (Å²) in [6, 6.07) is 15.6. The first-order valence-electron chi connectivity index (χ1n) is 7.04. The predicted molar refractivity (Wildman–Crippen MR) is 87.4 cm³/mol. The molecule has 23 heavy (non-hydrogen) atoms. The van der Waals surface area contributed by atoms with Crippen molar-refractivity contribution in [2.45, 2.75) is 0 Å². The van der Waals surface area contributed by atoms with Crippen molar-refractivity contribution in [1.29, 1.82) is 0 Å². The summed E-state index contributed by atoms with van der Waals surface area (Å²) < 4.78 is 5.31. The maximum Gasteiger partial charge on any atom is 0.360 e. The van der Waals surface area contributed by atoms with Crippen LogP contribution >= 0.6 is 0 Å². The van der Waals surface area contributed by atoms with Gasteiger partial charge in [-0.3, -0.25) is 9.78 Å². The summed E-state index contributed by atoms with van der Waals surface area (Å²) in [4.78, 5) is 29.9. The molecule has 0 bridgehead atoms. The first-order chi connectivity index (χ1) is 11.2. The lowest BCUT2D eigenvalue weighted by molar-refractivity contribution is 0.0992. The summed E-state index contributed by atoms with van der Waals surface area (Å²) in [5.41, 5.74) is 0.823. The maximum atomic E-state index is 12.4. The van der Waals surface area contributed by atoms with Crippen molar-refractivity contribution in [3.63, 3.8) is 0 Å². The Morgan fingerprint density at radius 2 is 1.83 bits per heavy atom. The number of rotatable bonds is 3. The Bertz CT molecular complexity index is 874. The van der Waals surface area contributed by atoms with Crippen LogP contribution in [0.1, 0.15) is 10.4 Å². The zero-order valence-corrected chi connectivity index (χ0v) is 12.5. The molecule has 0 saturated heterocycles. The lowest BCUT2D eigenvalue weighted by atomic mass is 10.2. The summed E-state index contributed by atoms with van der Waals surface area (Å²) in [6.45, 7) is 0. The van der Waals surface area contributed by atoms with Crippen LogP contribution in [0.4, 0.5) is 5.69 Å². The van der Waals surface area contributed by atoms with Gasteiger partial charge in [-0.05, 0) is 36.4 Å². The van der Waals surface area contributed by atoms with Gasteiger partial charge in [0.25, 0.3) is 5.91 Å². The van der Waals surface area contributed by atoms with Gasteiger partial charge in [-0.25, -0.2) is 4.79 Å². The van der Waals surface area contributed by atoms with E-state index < -0.39 is 5.63 Å². The van der Waals surface area contributed by atoms with E-state index >= 15 is 0 Å². The van der Waals surface area contributed by atoms with Crippen LogP contribution in [0.2, 0.25) is 0 Å². The Morgan fingerprint density at radius 1 is 1.04 bits per heavy atom. The van der Waals surface area contributed by atoms with Crippen molar-refractivity contribution in [2.75, 3.05) is 11.9 Å². The number of aromatic nitrogens is 1. The first-order valence-corrected chi connectivity index (χ1v) is 7.04. The van der Waals surface area contributed by atoms with Crippen LogP contribution in [0.3, 0.4) is 0 Å². The van der Waals surface area contributed by atoms with Gasteiger partial charge in [-0.1, -0.05) is 18.2 Å². The summed E-state index contributed by atoms with van der Waals surface area (Å²) in [7, 11) is 1.55. The lowest BCUT2D eigenvalue weighted by Crippen LogP contribution is -2.30. The van der Waals surface area contributed by atoms with Crippen LogP contribution in [0.5, 0.6) is 0 Å². The Balaban J connectivity index is 1.92. The van der Waals surface area contributed by atoms with Gasteiger partial charge in [0.15, 0.2) is 0 Å². The minimum atomic E-state index is -0.571. The van der Waals surface area contributed by atoms with Crippen molar-refractivity contribution < 1.29 is 9.21 Å². The Labute approximate surface area is 132 Å². The molecular weight excluding hydrogens is 292 g/mol. The van der Waals surface area contributed by atoms with E-state index in [0.717, 1.165) is 0 Å². The number of benzene rings is 1. The number of hydrogen-bond acceptors (Lipinski definition) is 4. The molecule has 0 N–H and O–H groups in total. The summed E-state index contributed by atoms with van der Waals surface area (Å²) in [6.07, 6.45) is 3.25. The zero-order chi connectivity index (χ0) is 16.2. The second kappa shape index (κ2) is 6.27. The van der Waals surface area contributed by atoms with E-state index in [1.807, 2.05) is 6.07 Å². The minimum Gasteiger partial charge on any atom is -0.421 e. The number of anilines is 1. The molecule has 1 aromatic carbocycles. The quantitative estimate of drug-likeness (QED) is 0.746. The number of nitrogens with zero attached hydrogens (tertiary/aromatic N) is 2. The third-order valence-electron chi connectivity index (χ3n) is 3.44. The fourth-order valence-electron chi connectivity index (χ4n) is 2.21. The molecule has 0 aliphatic carbocycles. The van der Waals surface area contributed by atoms with Crippen LogP contribution in [-0.4, -0.2) is 17.9 Å². The number of pyridine rings is 1. The smallest absolute Gasteiger partial charge is 0.360 e. The van der Waals surface area contributed by atoms with Gasteiger partial charge >= 0.3 is 5.63 Å². The van der Waals surface area contributed by atoms with Crippen molar-refractivity contribution in [3.05, 3.63) is 83.0 Å². The van der Waals surface area contributed by atoms with Crippen molar-refractivity contribution in [1.82, 2.24) is 4.98 Å². The number of hydrogen-bond donors (Lipinski definition) is 0. The van der Waals surface area contributed by atoms with Crippen LogP contribution < -0.4 is 10.5 Å². The number of carbonyl (C=O) groups is 1. The molecule has 0 atom stereocenters. The molecule has 0 aliphatic heterocycles. The molecule has 2 heterocycles. The molecule has 5 nitrogen and oxygen atoms in total. The molecule has 0 fully saturated rings. The molecule has 5 heteroatoms. The second-order valence-corrected chi connectivity index (χ2v) is 4.94. The highest BCUT2D eigenvalue weighted by atomic mass is 16.4. The maximum absolute atomic E-state index is 12.4. The molecule has 0 unspecified atom stereocenters. The molecule has 3 aromatic rings. The average Bonchev–Trinajstić information content (AvgIpc) is 2.62. The largest absolute Gasteiger partial charge is 0.421 e. The molecule has 1 amide bonds. The van der Waals surface area contributed by atoms with Gasteiger partial charge in [-0.2, -0.15) is 0 Å². The highest BCUT2D eigenvalue weighted by molar-refractivity contribution is 6.05. The fraction of sp³-hybridized carbons (Fsp3) is 0.0556. The Kier molecular flexibility index (Phi) is 4.01. The van der Waals surface area contributed by atoms with Gasteiger partial charge in [0.1, 0.15) is 11.4 Å². The molecule has 0 aliphatic rings. The van der Waals surface area contributed by atoms with Crippen molar-refractivity contribution in [3.8, 4) is 11.3 Å². The van der Waals surface area contributed by atoms with Crippen LogP contribution in [0, 0.1) is 0 Å². The van der Waals surface area contributed by atoms with Gasteiger partial charge in [0, 0.05) is 30.6 Å². The topological polar surface area (TPSA) is 63.4 Å². The monoisotopic (exact) mass is 306 g/mol. The van der Waals surface area contributed by atoms with E-state index in [0.29, 0.717) is 16.9 Å². The predicted octanol–water partition coefficient (Wildman–Crippen LogP) is 2.98. The SMILES string of the molecule is CN(C(=O)c1ccccc1)c1ccc(-c2cccnc2)oc1=O. The van der Waals surface area contributed by atoms with Gasteiger partial charge in [-0.15, -0.1) is 0 Å². The number of carbonyl (C=O) groups excluding carboxylic acids is 1. The Hall–Kier alpha value is -3.21. The third-order valence-corrected chi connectivity index (χ3v) is 3.44. The van der Waals surface area contributed by atoms with Crippen LogP contribution in [0.15, 0.2) is 76.2 Å². The summed E-state index contributed by atoms with van der Waals surface area (Å²) in [5.74, 6) is 0.138. The third kappa shape index (κ3) is 3.03. The number of amides is 1. The van der Waals surface area contributed by atoms with E-state index in [2.05, 4.69) is 4.98 Å². The highest BCUT2D eigenvalue weighted by Crippen LogP contribution is 2.19. The van der Waals surface area contributed by atoms with Crippen molar-refractivity contribution in [2.24, 2.45) is 0 Å². The normalized spacial score (nSPS) is 10.3. The first kappa shape index (κ1) is 14.7. The molecule has 114 valence electrons. The molecule has 2 aromatic heterocycles. The average molecular weight is 306 g/mol. The fourth-order valence-corrected chi connectivity index (χ4v) is 2.21. The van der Waals surface area contributed by atoms with Gasteiger partial charge in [0.05, 0.1) is 0 Å². The molecule has 3 rings (SSSR count). The Morgan fingerprint density at radius 3 is 2.48 bits per heavy atom. The van der Waals surface area contributed by atoms with E-state index in [9.17, 15) is 9.59 Å². The lowest BCUT2D eigenvalue weighted by Gasteiger charge is -2.16. The minimum absolute atomic E-state index is 0.187. The summed E-state index contributed by atoms with van der Waals surface area (Å²) in [5, 5.41) is 0. The highest BCUT2D eigenvalue weighted by Gasteiger charge is 2.17.